The van der Waals surface area contributed by atoms with Gasteiger partial charge in [-0.1, -0.05) is 32.0 Å². The molecular formula is C20H30N4O5. The molecule has 9 heteroatoms. The molecule has 4 amide bonds. The molecule has 3 atom stereocenters. The Bertz CT molecular complexity index is 697. The highest BCUT2D eigenvalue weighted by Gasteiger charge is 2.31. The fourth-order valence-corrected chi connectivity index (χ4v) is 3.35. The first-order valence-electron chi connectivity index (χ1n) is 9.85. The zero-order chi connectivity index (χ0) is 21.4. The quantitative estimate of drug-likeness (QED) is 0.492. The van der Waals surface area contributed by atoms with Crippen LogP contribution >= 0.6 is 0 Å². The van der Waals surface area contributed by atoms with Crippen LogP contribution < -0.4 is 16.0 Å². The van der Waals surface area contributed by atoms with Crippen molar-refractivity contribution in [3.05, 3.63) is 30.3 Å². The molecule has 0 aromatic heterocycles. The Kier molecular flexibility index (Phi) is 8.26. The lowest BCUT2D eigenvalue weighted by molar-refractivity contribution is -0.125. The molecule has 0 radical (unpaired) electrons. The zero-order valence-electron chi connectivity index (χ0n) is 16.8. The van der Waals surface area contributed by atoms with Gasteiger partial charge >= 0.3 is 12.1 Å². The van der Waals surface area contributed by atoms with Gasteiger partial charge in [0.15, 0.2) is 0 Å². The first-order valence-corrected chi connectivity index (χ1v) is 9.85. The summed E-state index contributed by atoms with van der Waals surface area (Å²) in [5, 5.41) is 27.3. The van der Waals surface area contributed by atoms with E-state index in [0.717, 1.165) is 0 Å². The van der Waals surface area contributed by atoms with Crippen LogP contribution in [0.2, 0.25) is 0 Å². The first-order chi connectivity index (χ1) is 13.8. The molecule has 0 saturated carbocycles. The Morgan fingerprint density at radius 2 is 1.90 bits per heavy atom. The molecule has 1 aromatic carbocycles. The fraction of sp³-hybridized carbons (Fsp3) is 0.550. The van der Waals surface area contributed by atoms with Crippen molar-refractivity contribution in [1.82, 2.24) is 15.5 Å². The topological polar surface area (TPSA) is 131 Å². The molecule has 9 nitrogen and oxygen atoms in total. The second kappa shape index (κ2) is 10.7. The number of nitrogens with zero attached hydrogens (tertiary/aromatic N) is 1. The van der Waals surface area contributed by atoms with Gasteiger partial charge in [-0.05, 0) is 37.3 Å². The van der Waals surface area contributed by atoms with Gasteiger partial charge in [-0.2, -0.15) is 0 Å². The Hall–Kier alpha value is -2.81. The van der Waals surface area contributed by atoms with Crippen molar-refractivity contribution in [3.8, 4) is 0 Å². The van der Waals surface area contributed by atoms with Crippen LogP contribution in [0.3, 0.4) is 0 Å². The molecule has 0 aliphatic carbocycles. The number of carbonyl (C=O) groups excluding carboxylic acids is 2. The standard InChI is InChI=1S/C20H30N4O5/c1-13(2)11-16(23-20(28)29)18(26)22-15-9-6-10-24(12-17(15)25)19(27)21-14-7-4-3-5-8-14/h3-5,7-8,13,15-17,23,25H,6,9-12H2,1-2H3,(H,21,27)(H,22,26)(H,28,29)/t15?,16-,17?/m0/s1. The van der Waals surface area contributed by atoms with Crippen molar-refractivity contribution in [1.29, 1.82) is 0 Å². The molecule has 29 heavy (non-hydrogen) atoms. The summed E-state index contributed by atoms with van der Waals surface area (Å²) < 4.78 is 0. The number of aliphatic hydroxyl groups excluding tert-OH is 1. The van der Waals surface area contributed by atoms with Gasteiger partial charge in [0.1, 0.15) is 6.04 Å². The van der Waals surface area contributed by atoms with Crippen LogP contribution in [0.1, 0.15) is 33.1 Å². The van der Waals surface area contributed by atoms with E-state index >= 15 is 0 Å². The van der Waals surface area contributed by atoms with Crippen LogP contribution in [0.5, 0.6) is 0 Å². The van der Waals surface area contributed by atoms with E-state index in [1.165, 1.54) is 4.90 Å². The number of para-hydroxylation sites is 1. The third-order valence-electron chi connectivity index (χ3n) is 4.78. The van der Waals surface area contributed by atoms with E-state index in [4.69, 9.17) is 5.11 Å². The summed E-state index contributed by atoms with van der Waals surface area (Å²) in [5.41, 5.74) is 0.664. The number of anilines is 1. The number of carboxylic acid groups (broad SMARTS) is 1. The predicted octanol–water partition coefficient (Wildman–Crippen LogP) is 1.84. The molecule has 1 aliphatic heterocycles. The van der Waals surface area contributed by atoms with Crippen LogP contribution in [0.4, 0.5) is 15.3 Å². The molecule has 1 aromatic rings. The maximum absolute atomic E-state index is 12.6. The summed E-state index contributed by atoms with van der Waals surface area (Å²) >= 11 is 0. The average molecular weight is 406 g/mol. The first kappa shape index (κ1) is 22.5. The minimum absolute atomic E-state index is 0.0742. The van der Waals surface area contributed by atoms with Crippen LogP contribution in [0.25, 0.3) is 0 Å². The molecular weight excluding hydrogens is 376 g/mol. The second-order valence-corrected chi connectivity index (χ2v) is 7.70. The number of amides is 4. The van der Waals surface area contributed by atoms with Crippen LogP contribution in [-0.2, 0) is 4.79 Å². The zero-order valence-corrected chi connectivity index (χ0v) is 16.8. The van der Waals surface area contributed by atoms with Crippen molar-refractivity contribution in [3.63, 3.8) is 0 Å². The number of benzene rings is 1. The Morgan fingerprint density at radius 1 is 1.21 bits per heavy atom. The summed E-state index contributed by atoms with van der Waals surface area (Å²) in [4.78, 5) is 37.5. The summed E-state index contributed by atoms with van der Waals surface area (Å²) in [5.74, 6) is -0.346. The maximum Gasteiger partial charge on any atom is 0.405 e. The minimum atomic E-state index is -1.27. The van der Waals surface area contributed by atoms with Gasteiger partial charge in [-0.25, -0.2) is 9.59 Å². The predicted molar refractivity (Wildman–Crippen MR) is 109 cm³/mol. The van der Waals surface area contributed by atoms with Gasteiger partial charge in [0.2, 0.25) is 5.91 Å². The monoisotopic (exact) mass is 406 g/mol. The molecule has 1 heterocycles. The number of rotatable bonds is 6. The lowest BCUT2D eigenvalue weighted by atomic mass is 10.0. The van der Waals surface area contributed by atoms with Gasteiger partial charge in [-0.15, -0.1) is 0 Å². The minimum Gasteiger partial charge on any atom is -0.465 e. The second-order valence-electron chi connectivity index (χ2n) is 7.70. The fourth-order valence-electron chi connectivity index (χ4n) is 3.35. The molecule has 160 valence electrons. The van der Waals surface area contributed by atoms with Gasteiger partial charge < -0.3 is 31.1 Å². The summed E-state index contributed by atoms with van der Waals surface area (Å²) in [6.07, 6.45) is -0.773. The van der Waals surface area contributed by atoms with Crippen LogP contribution in [-0.4, -0.2) is 64.4 Å². The number of carbonyl (C=O) groups is 3. The van der Waals surface area contributed by atoms with Crippen LogP contribution in [0.15, 0.2) is 30.3 Å². The highest BCUT2D eigenvalue weighted by atomic mass is 16.4. The lowest BCUT2D eigenvalue weighted by Crippen LogP contribution is -2.54. The summed E-state index contributed by atoms with van der Waals surface area (Å²) in [7, 11) is 0. The third kappa shape index (κ3) is 7.26. The van der Waals surface area contributed by atoms with E-state index in [1.807, 2.05) is 32.0 Å². The van der Waals surface area contributed by atoms with Crippen molar-refractivity contribution >= 4 is 23.7 Å². The van der Waals surface area contributed by atoms with E-state index in [-0.39, 0.29) is 18.5 Å². The van der Waals surface area contributed by atoms with E-state index < -0.39 is 30.2 Å². The molecule has 2 rings (SSSR count). The van der Waals surface area contributed by atoms with Crippen molar-refractivity contribution < 1.29 is 24.6 Å². The molecule has 5 N–H and O–H groups in total. The van der Waals surface area contributed by atoms with Gasteiger partial charge in [0.05, 0.1) is 18.7 Å². The lowest BCUT2D eigenvalue weighted by Gasteiger charge is -2.27. The van der Waals surface area contributed by atoms with Gasteiger partial charge in [0, 0.05) is 12.2 Å². The largest absolute Gasteiger partial charge is 0.465 e. The number of aliphatic hydroxyl groups is 1. The van der Waals surface area contributed by atoms with E-state index in [9.17, 15) is 19.5 Å². The van der Waals surface area contributed by atoms with E-state index in [0.29, 0.717) is 31.5 Å². The van der Waals surface area contributed by atoms with Crippen molar-refractivity contribution in [2.24, 2.45) is 5.92 Å². The van der Waals surface area contributed by atoms with E-state index in [1.54, 1.807) is 12.1 Å². The molecule has 0 spiro atoms. The number of β-amino-alcohol motifs (C(OH)–C–C–N with tert-alkyl or cyclic N) is 1. The average Bonchev–Trinajstić information content (AvgIpc) is 2.83. The smallest absolute Gasteiger partial charge is 0.405 e. The number of urea groups is 1. The highest BCUT2D eigenvalue weighted by Crippen LogP contribution is 2.15. The van der Waals surface area contributed by atoms with E-state index in [2.05, 4.69) is 16.0 Å². The van der Waals surface area contributed by atoms with Crippen molar-refractivity contribution in [2.75, 3.05) is 18.4 Å². The van der Waals surface area contributed by atoms with Crippen molar-refractivity contribution in [2.45, 2.75) is 51.3 Å². The van der Waals surface area contributed by atoms with Crippen LogP contribution in [0, 0.1) is 5.92 Å². The SMILES string of the molecule is CC(C)C[C@H](NC(=O)O)C(=O)NC1CCCN(C(=O)Nc2ccccc2)CC1O. The number of hydrogen-bond acceptors (Lipinski definition) is 4. The summed E-state index contributed by atoms with van der Waals surface area (Å²) in [6.45, 7) is 4.32. The number of hydrogen-bond donors (Lipinski definition) is 5. The maximum atomic E-state index is 12.6. The number of likely N-dealkylation sites (tertiary alicyclic amines) is 1. The van der Waals surface area contributed by atoms with Gasteiger partial charge in [-0.3, -0.25) is 4.79 Å². The molecule has 1 saturated heterocycles. The Morgan fingerprint density at radius 3 is 2.52 bits per heavy atom. The summed E-state index contributed by atoms with van der Waals surface area (Å²) in [6, 6.07) is 7.28. The normalized spacial score (nSPS) is 20.5. The molecule has 1 aliphatic rings. The third-order valence-corrected chi connectivity index (χ3v) is 4.78. The molecule has 1 fully saturated rings. The Labute approximate surface area is 170 Å². The molecule has 0 bridgehead atoms. The van der Waals surface area contributed by atoms with Gasteiger partial charge in [0.25, 0.3) is 0 Å². The Balaban J connectivity index is 1.95. The number of nitrogens with one attached hydrogen (secondary N) is 3. The highest BCUT2D eigenvalue weighted by molar-refractivity contribution is 5.89. The molecule has 2 unspecified atom stereocenters.